The minimum Gasteiger partial charge on any atom is -0.444 e. The van der Waals surface area contributed by atoms with Crippen molar-refractivity contribution in [3.63, 3.8) is 0 Å². The predicted octanol–water partition coefficient (Wildman–Crippen LogP) is 4.15. The first-order valence-electron chi connectivity index (χ1n) is 9.42. The Labute approximate surface area is 165 Å². The van der Waals surface area contributed by atoms with E-state index in [0.717, 1.165) is 16.6 Å². The number of benzene rings is 2. The molecule has 6 nitrogen and oxygen atoms in total. The van der Waals surface area contributed by atoms with Crippen LogP contribution >= 0.6 is 0 Å². The fourth-order valence-corrected chi connectivity index (χ4v) is 2.90. The Balaban J connectivity index is 1.67. The number of rotatable bonds is 7. The predicted molar refractivity (Wildman–Crippen MR) is 109 cm³/mol. The summed E-state index contributed by atoms with van der Waals surface area (Å²) >= 11 is 0. The van der Waals surface area contributed by atoms with Gasteiger partial charge in [0.15, 0.2) is 0 Å². The summed E-state index contributed by atoms with van der Waals surface area (Å²) in [7, 11) is 0. The molecule has 1 N–H and O–H groups in total. The van der Waals surface area contributed by atoms with Gasteiger partial charge in [-0.1, -0.05) is 42.5 Å². The molecule has 1 unspecified atom stereocenters. The minimum absolute atomic E-state index is 0.254. The Morgan fingerprint density at radius 3 is 2.57 bits per heavy atom. The van der Waals surface area contributed by atoms with Gasteiger partial charge >= 0.3 is 6.09 Å². The number of aromatic nitrogens is 2. The molecule has 0 bridgehead atoms. The molecule has 0 spiro atoms. The number of hydrogen-bond donors (Lipinski definition) is 1. The monoisotopic (exact) mass is 381 g/mol. The number of nitrogens with zero attached hydrogens (tertiary/aromatic N) is 2. The van der Waals surface area contributed by atoms with Crippen LogP contribution in [-0.2, 0) is 22.6 Å². The number of carbonyl (C=O) groups is 1. The van der Waals surface area contributed by atoms with Gasteiger partial charge in [0, 0.05) is 6.54 Å². The van der Waals surface area contributed by atoms with E-state index < -0.39 is 11.7 Å². The van der Waals surface area contributed by atoms with Crippen molar-refractivity contribution >= 4 is 17.1 Å². The molecule has 0 saturated heterocycles. The molecule has 0 fully saturated rings. The highest BCUT2D eigenvalue weighted by atomic mass is 16.6. The van der Waals surface area contributed by atoms with Gasteiger partial charge in [-0.15, -0.1) is 0 Å². The molecule has 148 valence electrons. The maximum Gasteiger partial charge on any atom is 0.408 e. The van der Waals surface area contributed by atoms with Crippen molar-refractivity contribution in [3.8, 4) is 0 Å². The summed E-state index contributed by atoms with van der Waals surface area (Å²) < 4.78 is 13.3. The second-order valence-electron chi connectivity index (χ2n) is 7.73. The Bertz CT molecular complexity index is 900. The van der Waals surface area contributed by atoms with E-state index in [1.165, 1.54) is 0 Å². The standard InChI is InChI=1S/C22H27N3O3/c1-22(2,3)28-21(26)24-18(15-27-14-17-9-5-4-6-10-17)13-25-16-23-19-11-7-8-12-20(19)25/h4-12,16,18H,13-15H2,1-3H3,(H,24,26). The number of fused-ring (bicyclic) bond motifs is 1. The zero-order valence-electron chi connectivity index (χ0n) is 16.6. The van der Waals surface area contributed by atoms with Crippen LogP contribution in [0.4, 0.5) is 4.79 Å². The molecule has 1 amide bonds. The lowest BCUT2D eigenvalue weighted by atomic mass is 10.2. The highest BCUT2D eigenvalue weighted by molar-refractivity contribution is 5.75. The van der Waals surface area contributed by atoms with Crippen molar-refractivity contribution in [2.45, 2.75) is 45.6 Å². The highest BCUT2D eigenvalue weighted by Gasteiger charge is 2.20. The molecule has 0 aliphatic rings. The third-order valence-corrected chi connectivity index (χ3v) is 4.10. The summed E-state index contributed by atoms with van der Waals surface area (Å²) in [5.74, 6) is 0. The Morgan fingerprint density at radius 1 is 1.11 bits per heavy atom. The molecule has 0 aliphatic heterocycles. The van der Waals surface area contributed by atoms with Crippen LogP contribution in [0.1, 0.15) is 26.3 Å². The molecular formula is C22H27N3O3. The van der Waals surface area contributed by atoms with E-state index in [2.05, 4.69) is 10.3 Å². The van der Waals surface area contributed by atoms with Crippen LogP contribution in [0.5, 0.6) is 0 Å². The zero-order valence-corrected chi connectivity index (χ0v) is 16.6. The molecule has 3 rings (SSSR count). The summed E-state index contributed by atoms with van der Waals surface area (Å²) in [4.78, 5) is 16.7. The molecule has 3 aromatic rings. The van der Waals surface area contributed by atoms with Gasteiger partial charge in [-0.2, -0.15) is 0 Å². The average molecular weight is 381 g/mol. The molecule has 0 radical (unpaired) electrons. The maximum absolute atomic E-state index is 12.3. The fourth-order valence-electron chi connectivity index (χ4n) is 2.90. The first-order valence-corrected chi connectivity index (χ1v) is 9.42. The van der Waals surface area contributed by atoms with E-state index in [-0.39, 0.29) is 6.04 Å². The number of amides is 1. The minimum atomic E-state index is -0.554. The van der Waals surface area contributed by atoms with Gasteiger partial charge in [-0.05, 0) is 38.5 Å². The third kappa shape index (κ3) is 5.82. The number of imidazole rings is 1. The molecule has 28 heavy (non-hydrogen) atoms. The first-order chi connectivity index (χ1) is 13.4. The van der Waals surface area contributed by atoms with Crippen LogP contribution in [0.3, 0.4) is 0 Å². The van der Waals surface area contributed by atoms with Gasteiger partial charge in [0.25, 0.3) is 0 Å². The second kappa shape index (κ2) is 8.89. The zero-order chi connectivity index (χ0) is 20.0. The average Bonchev–Trinajstić information content (AvgIpc) is 3.04. The van der Waals surface area contributed by atoms with Crippen LogP contribution in [0.25, 0.3) is 11.0 Å². The topological polar surface area (TPSA) is 65.4 Å². The molecule has 0 saturated carbocycles. The summed E-state index contributed by atoms with van der Waals surface area (Å²) in [5, 5.41) is 2.93. The fraction of sp³-hybridized carbons (Fsp3) is 0.364. The molecule has 1 atom stereocenters. The van der Waals surface area contributed by atoms with E-state index in [1.807, 2.05) is 79.9 Å². The highest BCUT2D eigenvalue weighted by Crippen LogP contribution is 2.13. The SMILES string of the molecule is CC(C)(C)OC(=O)NC(COCc1ccccc1)Cn1cnc2ccccc21. The van der Waals surface area contributed by atoms with E-state index in [9.17, 15) is 4.79 Å². The van der Waals surface area contributed by atoms with Gasteiger partial charge < -0.3 is 19.4 Å². The van der Waals surface area contributed by atoms with Crippen molar-refractivity contribution in [3.05, 3.63) is 66.5 Å². The van der Waals surface area contributed by atoms with Crippen molar-refractivity contribution < 1.29 is 14.3 Å². The summed E-state index contributed by atoms with van der Waals surface area (Å²) in [6, 6.07) is 17.6. The van der Waals surface area contributed by atoms with E-state index >= 15 is 0 Å². The lowest BCUT2D eigenvalue weighted by Crippen LogP contribution is -2.43. The van der Waals surface area contributed by atoms with Crippen LogP contribution in [0.2, 0.25) is 0 Å². The molecular weight excluding hydrogens is 354 g/mol. The summed E-state index contributed by atoms with van der Waals surface area (Å²) in [6.07, 6.45) is 1.33. The maximum atomic E-state index is 12.3. The number of carbonyl (C=O) groups excluding carboxylic acids is 1. The van der Waals surface area contributed by atoms with Gasteiger partial charge in [0.05, 0.1) is 36.6 Å². The van der Waals surface area contributed by atoms with Crippen molar-refractivity contribution in [2.75, 3.05) is 6.61 Å². The van der Waals surface area contributed by atoms with Crippen LogP contribution in [0.15, 0.2) is 60.9 Å². The Kier molecular flexibility index (Phi) is 6.31. The summed E-state index contributed by atoms with van der Waals surface area (Å²) in [5.41, 5.74) is 2.47. The van der Waals surface area contributed by atoms with Crippen LogP contribution < -0.4 is 5.32 Å². The van der Waals surface area contributed by atoms with E-state index in [1.54, 1.807) is 6.33 Å². The number of para-hydroxylation sites is 2. The smallest absolute Gasteiger partial charge is 0.408 e. The Hall–Kier alpha value is -2.86. The van der Waals surface area contributed by atoms with E-state index in [4.69, 9.17) is 9.47 Å². The van der Waals surface area contributed by atoms with Gasteiger partial charge in [0.1, 0.15) is 5.60 Å². The second-order valence-corrected chi connectivity index (χ2v) is 7.73. The van der Waals surface area contributed by atoms with Gasteiger partial charge in [-0.3, -0.25) is 0 Å². The number of alkyl carbamates (subject to hydrolysis) is 1. The van der Waals surface area contributed by atoms with Gasteiger partial charge in [0.2, 0.25) is 0 Å². The quantitative estimate of drug-likeness (QED) is 0.668. The summed E-state index contributed by atoms with van der Waals surface area (Å²) in [6.45, 7) is 6.91. The van der Waals surface area contributed by atoms with Crippen molar-refractivity contribution in [1.82, 2.24) is 14.9 Å². The van der Waals surface area contributed by atoms with Crippen LogP contribution in [0, 0.1) is 0 Å². The molecule has 6 heteroatoms. The third-order valence-electron chi connectivity index (χ3n) is 4.10. The first kappa shape index (κ1) is 19.9. The lowest BCUT2D eigenvalue weighted by Gasteiger charge is -2.24. The van der Waals surface area contributed by atoms with E-state index in [0.29, 0.717) is 19.8 Å². The lowest BCUT2D eigenvalue weighted by molar-refractivity contribution is 0.0416. The number of ether oxygens (including phenoxy) is 2. The largest absolute Gasteiger partial charge is 0.444 e. The van der Waals surface area contributed by atoms with Crippen molar-refractivity contribution in [1.29, 1.82) is 0 Å². The normalized spacial score (nSPS) is 12.7. The molecule has 0 aliphatic carbocycles. The molecule has 1 heterocycles. The van der Waals surface area contributed by atoms with Crippen molar-refractivity contribution in [2.24, 2.45) is 0 Å². The Morgan fingerprint density at radius 2 is 1.82 bits per heavy atom. The van der Waals surface area contributed by atoms with Gasteiger partial charge in [-0.25, -0.2) is 9.78 Å². The molecule has 2 aromatic carbocycles. The molecule has 1 aromatic heterocycles. The number of nitrogens with one attached hydrogen (secondary N) is 1. The number of hydrogen-bond acceptors (Lipinski definition) is 4. The van der Waals surface area contributed by atoms with Crippen LogP contribution in [-0.4, -0.2) is 33.9 Å².